The molecule has 148 valence electrons. The van der Waals surface area contributed by atoms with Gasteiger partial charge in [0.25, 0.3) is 0 Å². The molecule has 0 aromatic heterocycles. The van der Waals surface area contributed by atoms with Crippen LogP contribution in [-0.4, -0.2) is 36.3 Å². The molecule has 1 saturated heterocycles. The molecule has 0 bridgehead atoms. The lowest BCUT2D eigenvalue weighted by atomic mass is 9.96. The largest absolute Gasteiger partial charge is 0.352 e. The lowest BCUT2D eigenvalue weighted by Gasteiger charge is -2.30. The number of nitrogens with zero attached hydrogens (tertiary/aromatic N) is 1. The molecule has 0 saturated carbocycles. The average molecular weight is 400 g/mol. The molecule has 3 rings (SSSR count). The van der Waals surface area contributed by atoms with Gasteiger partial charge in [-0.05, 0) is 56.1 Å². The zero-order chi connectivity index (χ0) is 19.9. The van der Waals surface area contributed by atoms with Crippen molar-refractivity contribution in [3.8, 4) is 0 Å². The highest BCUT2D eigenvalue weighted by molar-refractivity contribution is 6.31. The minimum Gasteiger partial charge on any atom is -0.352 e. The van der Waals surface area contributed by atoms with Gasteiger partial charge in [0.15, 0.2) is 0 Å². The van der Waals surface area contributed by atoms with Crippen molar-refractivity contribution in [1.82, 2.24) is 10.2 Å². The maximum atomic E-state index is 12.4. The van der Waals surface area contributed by atoms with Gasteiger partial charge in [-0.1, -0.05) is 48.0 Å². The third-order valence-electron chi connectivity index (χ3n) is 5.18. The standard InChI is InChI=1S/C22H26ClN3O2/c1-16-19(23)8-5-9-20(16)25-21(27)15-26-12-10-18(11-13-26)22(28)24-14-17-6-3-2-4-7-17/h2-9,18H,10-15H2,1H3,(H,24,28)(H,25,27). The van der Waals surface area contributed by atoms with Crippen molar-refractivity contribution < 1.29 is 9.59 Å². The number of hydrogen-bond donors (Lipinski definition) is 2. The van der Waals surface area contributed by atoms with Gasteiger partial charge in [-0.3, -0.25) is 14.5 Å². The number of piperidine rings is 1. The fraction of sp³-hybridized carbons (Fsp3) is 0.364. The second-order valence-corrected chi connectivity index (χ2v) is 7.62. The first-order valence-corrected chi connectivity index (χ1v) is 9.99. The van der Waals surface area contributed by atoms with Crippen LogP contribution in [0.2, 0.25) is 5.02 Å². The van der Waals surface area contributed by atoms with Crippen molar-refractivity contribution in [2.24, 2.45) is 5.92 Å². The van der Waals surface area contributed by atoms with E-state index in [0.29, 0.717) is 18.1 Å². The highest BCUT2D eigenvalue weighted by atomic mass is 35.5. The molecule has 2 aromatic rings. The predicted molar refractivity (Wildman–Crippen MR) is 112 cm³/mol. The summed E-state index contributed by atoms with van der Waals surface area (Å²) in [5.74, 6) is 0.0538. The summed E-state index contributed by atoms with van der Waals surface area (Å²) in [5.41, 5.74) is 2.71. The van der Waals surface area contributed by atoms with Crippen molar-refractivity contribution in [3.63, 3.8) is 0 Å². The summed E-state index contributed by atoms with van der Waals surface area (Å²) in [4.78, 5) is 26.8. The average Bonchev–Trinajstić information content (AvgIpc) is 2.71. The molecule has 0 radical (unpaired) electrons. The normalized spacial score (nSPS) is 15.2. The molecule has 28 heavy (non-hydrogen) atoms. The first kappa shape index (κ1) is 20.4. The van der Waals surface area contributed by atoms with Crippen molar-refractivity contribution >= 4 is 29.1 Å². The van der Waals surface area contributed by atoms with E-state index < -0.39 is 0 Å². The van der Waals surface area contributed by atoms with Gasteiger partial charge >= 0.3 is 0 Å². The first-order valence-electron chi connectivity index (χ1n) is 9.62. The van der Waals surface area contributed by atoms with Gasteiger partial charge in [-0.25, -0.2) is 0 Å². The molecule has 1 aliphatic heterocycles. The third kappa shape index (κ3) is 5.57. The van der Waals surface area contributed by atoms with Crippen LogP contribution in [0.1, 0.15) is 24.0 Å². The van der Waals surface area contributed by atoms with Crippen molar-refractivity contribution in [3.05, 3.63) is 64.7 Å². The summed E-state index contributed by atoms with van der Waals surface area (Å²) in [6, 6.07) is 15.4. The monoisotopic (exact) mass is 399 g/mol. The summed E-state index contributed by atoms with van der Waals surface area (Å²) in [5, 5.41) is 6.58. The van der Waals surface area contributed by atoms with Crippen LogP contribution in [0.3, 0.4) is 0 Å². The SMILES string of the molecule is Cc1c(Cl)cccc1NC(=O)CN1CCC(C(=O)NCc2ccccc2)CC1. The molecule has 0 spiro atoms. The van der Waals surface area contributed by atoms with Crippen LogP contribution in [0.15, 0.2) is 48.5 Å². The first-order chi connectivity index (χ1) is 13.5. The molecular weight excluding hydrogens is 374 g/mol. The van der Waals surface area contributed by atoms with E-state index in [9.17, 15) is 9.59 Å². The highest BCUT2D eigenvalue weighted by Crippen LogP contribution is 2.23. The third-order valence-corrected chi connectivity index (χ3v) is 5.59. The lowest BCUT2D eigenvalue weighted by molar-refractivity contribution is -0.126. The molecule has 6 heteroatoms. The van der Waals surface area contributed by atoms with Gasteiger partial charge in [-0.15, -0.1) is 0 Å². The van der Waals surface area contributed by atoms with Gasteiger partial charge in [0.05, 0.1) is 6.54 Å². The Bertz CT molecular complexity index is 818. The minimum atomic E-state index is -0.0580. The van der Waals surface area contributed by atoms with Gasteiger partial charge in [0.2, 0.25) is 11.8 Å². The number of carbonyl (C=O) groups excluding carboxylic acids is 2. The maximum absolute atomic E-state index is 12.4. The molecule has 5 nitrogen and oxygen atoms in total. The van der Waals surface area contributed by atoms with E-state index in [1.807, 2.05) is 49.4 Å². The van der Waals surface area contributed by atoms with Gasteiger partial charge in [-0.2, -0.15) is 0 Å². The van der Waals surface area contributed by atoms with Crippen LogP contribution < -0.4 is 10.6 Å². The second kappa shape index (κ2) is 9.71. The number of likely N-dealkylation sites (tertiary alicyclic amines) is 1. The molecule has 0 aliphatic carbocycles. The molecule has 2 amide bonds. The molecular formula is C22H26ClN3O2. The summed E-state index contributed by atoms with van der Waals surface area (Å²) in [7, 11) is 0. The van der Waals surface area contributed by atoms with Gasteiger partial charge in [0.1, 0.15) is 0 Å². The molecule has 2 N–H and O–H groups in total. The van der Waals surface area contributed by atoms with E-state index >= 15 is 0 Å². The zero-order valence-corrected chi connectivity index (χ0v) is 16.8. The number of hydrogen-bond acceptors (Lipinski definition) is 3. The van der Waals surface area contributed by atoms with E-state index in [2.05, 4.69) is 15.5 Å². The van der Waals surface area contributed by atoms with E-state index in [1.54, 1.807) is 6.07 Å². The number of amides is 2. The molecule has 1 aliphatic rings. The van der Waals surface area contributed by atoms with Crippen molar-refractivity contribution in [2.45, 2.75) is 26.3 Å². The minimum absolute atomic E-state index is 0.0122. The smallest absolute Gasteiger partial charge is 0.238 e. The maximum Gasteiger partial charge on any atom is 0.238 e. The second-order valence-electron chi connectivity index (χ2n) is 7.21. The van der Waals surface area contributed by atoms with E-state index in [4.69, 9.17) is 11.6 Å². The zero-order valence-electron chi connectivity index (χ0n) is 16.1. The Morgan fingerprint density at radius 3 is 2.50 bits per heavy atom. The molecule has 2 aromatic carbocycles. The van der Waals surface area contributed by atoms with Crippen LogP contribution in [0, 0.1) is 12.8 Å². The Morgan fingerprint density at radius 1 is 1.07 bits per heavy atom. The highest BCUT2D eigenvalue weighted by Gasteiger charge is 2.25. The molecule has 1 fully saturated rings. The van der Waals surface area contributed by atoms with Gasteiger partial charge in [0, 0.05) is 23.2 Å². The van der Waals surface area contributed by atoms with Crippen LogP contribution in [0.4, 0.5) is 5.69 Å². The van der Waals surface area contributed by atoms with Gasteiger partial charge < -0.3 is 10.6 Å². The number of halogens is 1. The van der Waals surface area contributed by atoms with Crippen LogP contribution in [-0.2, 0) is 16.1 Å². The van der Waals surface area contributed by atoms with E-state index in [0.717, 1.165) is 42.7 Å². The van der Waals surface area contributed by atoms with Crippen LogP contribution >= 0.6 is 11.6 Å². The lowest BCUT2D eigenvalue weighted by Crippen LogP contribution is -2.43. The van der Waals surface area contributed by atoms with Crippen LogP contribution in [0.5, 0.6) is 0 Å². The number of benzene rings is 2. The van der Waals surface area contributed by atoms with Crippen molar-refractivity contribution in [2.75, 3.05) is 25.0 Å². The Hall–Kier alpha value is -2.37. The summed E-state index contributed by atoms with van der Waals surface area (Å²) >= 11 is 6.10. The number of rotatable bonds is 6. The number of nitrogens with one attached hydrogen (secondary N) is 2. The molecule has 0 unspecified atom stereocenters. The molecule has 1 heterocycles. The quantitative estimate of drug-likeness (QED) is 0.779. The predicted octanol–water partition coefficient (Wildman–Crippen LogP) is 3.62. The molecule has 0 atom stereocenters. The Morgan fingerprint density at radius 2 is 1.79 bits per heavy atom. The van der Waals surface area contributed by atoms with Crippen molar-refractivity contribution in [1.29, 1.82) is 0 Å². The number of anilines is 1. The fourth-order valence-electron chi connectivity index (χ4n) is 3.42. The summed E-state index contributed by atoms with van der Waals surface area (Å²) in [6.45, 7) is 4.25. The summed E-state index contributed by atoms with van der Waals surface area (Å²) in [6.07, 6.45) is 1.54. The van der Waals surface area contributed by atoms with Crippen LogP contribution in [0.25, 0.3) is 0 Å². The number of carbonyl (C=O) groups is 2. The Labute approximate surface area is 171 Å². The fourth-order valence-corrected chi connectivity index (χ4v) is 3.59. The Kier molecular flexibility index (Phi) is 7.06. The Balaban J connectivity index is 1.41. The van der Waals surface area contributed by atoms with E-state index in [-0.39, 0.29) is 17.7 Å². The topological polar surface area (TPSA) is 61.4 Å². The summed E-state index contributed by atoms with van der Waals surface area (Å²) < 4.78 is 0. The van der Waals surface area contributed by atoms with E-state index in [1.165, 1.54) is 0 Å².